The fourth-order valence-electron chi connectivity index (χ4n) is 3.98. The van der Waals surface area contributed by atoms with Crippen LogP contribution in [0.3, 0.4) is 0 Å². The summed E-state index contributed by atoms with van der Waals surface area (Å²) in [5.74, 6) is 1.17. The van der Waals surface area contributed by atoms with Gasteiger partial charge in [-0.15, -0.1) is 0 Å². The molecule has 0 atom stereocenters. The highest BCUT2D eigenvalue weighted by atomic mass is 16.5. The maximum Gasteiger partial charge on any atom is 0.272 e. The monoisotopic (exact) mass is 319 g/mol. The van der Waals surface area contributed by atoms with Gasteiger partial charge in [0.2, 0.25) is 0 Å². The Labute approximate surface area is 136 Å². The van der Waals surface area contributed by atoms with Crippen LogP contribution in [0.15, 0.2) is 6.20 Å². The summed E-state index contributed by atoms with van der Waals surface area (Å²) in [6, 6.07) is 0. The smallest absolute Gasteiger partial charge is 0.272 e. The van der Waals surface area contributed by atoms with Gasteiger partial charge in [0.25, 0.3) is 5.91 Å². The molecule has 2 saturated heterocycles. The summed E-state index contributed by atoms with van der Waals surface area (Å²) in [7, 11) is 0. The van der Waals surface area contributed by atoms with Crippen LogP contribution in [0.5, 0.6) is 0 Å². The molecule has 0 aliphatic carbocycles. The fourth-order valence-corrected chi connectivity index (χ4v) is 3.98. The van der Waals surface area contributed by atoms with Gasteiger partial charge in [-0.1, -0.05) is 0 Å². The molecule has 1 spiro atoms. The van der Waals surface area contributed by atoms with E-state index in [-0.39, 0.29) is 11.5 Å². The van der Waals surface area contributed by atoms with E-state index >= 15 is 0 Å². The lowest BCUT2D eigenvalue weighted by Gasteiger charge is -2.35. The van der Waals surface area contributed by atoms with E-state index in [1.165, 1.54) is 6.42 Å². The summed E-state index contributed by atoms with van der Waals surface area (Å²) in [5.41, 5.74) is 0.673. The minimum atomic E-state index is -0.0792. The van der Waals surface area contributed by atoms with Crippen LogP contribution in [0, 0.1) is 0 Å². The average Bonchev–Trinajstić information content (AvgIpc) is 2.92. The first kappa shape index (κ1) is 15.1. The summed E-state index contributed by atoms with van der Waals surface area (Å²) in [5, 5.41) is 0. The van der Waals surface area contributed by atoms with Gasteiger partial charge in [0, 0.05) is 39.3 Å². The van der Waals surface area contributed by atoms with Gasteiger partial charge in [-0.05, 0) is 32.1 Å². The van der Waals surface area contributed by atoms with Gasteiger partial charge in [-0.25, -0.2) is 4.98 Å². The number of carbonyl (C=O) groups is 1. The molecule has 23 heavy (non-hydrogen) atoms. The van der Waals surface area contributed by atoms with Crippen molar-refractivity contribution >= 4 is 5.91 Å². The first-order valence-corrected chi connectivity index (χ1v) is 8.83. The van der Waals surface area contributed by atoms with Gasteiger partial charge in [0.05, 0.1) is 18.4 Å². The van der Waals surface area contributed by atoms with Crippen LogP contribution in [0.4, 0.5) is 0 Å². The van der Waals surface area contributed by atoms with Crippen molar-refractivity contribution in [2.24, 2.45) is 0 Å². The van der Waals surface area contributed by atoms with Crippen molar-refractivity contribution in [3.05, 3.63) is 17.7 Å². The molecular formula is C17H25N3O3. The van der Waals surface area contributed by atoms with E-state index in [0.29, 0.717) is 13.2 Å². The molecule has 6 heteroatoms. The van der Waals surface area contributed by atoms with Gasteiger partial charge < -0.3 is 18.9 Å². The van der Waals surface area contributed by atoms with Crippen LogP contribution >= 0.6 is 0 Å². The molecular weight excluding hydrogens is 294 g/mol. The van der Waals surface area contributed by atoms with E-state index in [2.05, 4.69) is 9.55 Å². The molecule has 0 radical (unpaired) electrons. The van der Waals surface area contributed by atoms with Crippen molar-refractivity contribution < 1.29 is 14.3 Å². The second-order valence-corrected chi connectivity index (χ2v) is 6.85. The van der Waals surface area contributed by atoms with Gasteiger partial charge in [-0.3, -0.25) is 4.79 Å². The maximum absolute atomic E-state index is 12.9. The van der Waals surface area contributed by atoms with Crippen molar-refractivity contribution in [3.63, 3.8) is 0 Å². The van der Waals surface area contributed by atoms with Crippen molar-refractivity contribution in [2.75, 3.05) is 32.9 Å². The summed E-state index contributed by atoms with van der Waals surface area (Å²) in [6.07, 6.45) is 7.85. The highest BCUT2D eigenvalue weighted by Gasteiger charge is 2.37. The molecule has 4 heterocycles. The van der Waals surface area contributed by atoms with Crippen LogP contribution in [0.25, 0.3) is 0 Å². The lowest BCUT2D eigenvalue weighted by Crippen LogP contribution is -2.40. The van der Waals surface area contributed by atoms with Crippen LogP contribution in [-0.2, 0) is 22.4 Å². The molecule has 1 amide bonds. The number of hydrogen-bond donors (Lipinski definition) is 0. The number of rotatable bonds is 1. The topological polar surface area (TPSA) is 56.6 Å². The molecule has 0 bridgehead atoms. The van der Waals surface area contributed by atoms with Crippen LogP contribution in [0.1, 0.15) is 48.4 Å². The Morgan fingerprint density at radius 1 is 1.09 bits per heavy atom. The van der Waals surface area contributed by atoms with Crippen LogP contribution < -0.4 is 0 Å². The third kappa shape index (κ3) is 2.90. The van der Waals surface area contributed by atoms with Gasteiger partial charge in [0.15, 0.2) is 0 Å². The van der Waals surface area contributed by atoms with E-state index in [1.54, 1.807) is 6.20 Å². The fraction of sp³-hybridized carbons (Fsp3) is 0.765. The van der Waals surface area contributed by atoms with Crippen LogP contribution in [0.2, 0.25) is 0 Å². The lowest BCUT2D eigenvalue weighted by atomic mass is 9.90. The first-order valence-electron chi connectivity index (χ1n) is 8.83. The molecule has 0 unspecified atom stereocenters. The van der Waals surface area contributed by atoms with Crippen LogP contribution in [-0.4, -0.2) is 58.9 Å². The van der Waals surface area contributed by atoms with E-state index in [4.69, 9.17) is 9.47 Å². The summed E-state index contributed by atoms with van der Waals surface area (Å²) >= 11 is 0. The Bertz CT molecular complexity index is 578. The average molecular weight is 319 g/mol. The number of carbonyl (C=O) groups excluding carboxylic acids is 1. The summed E-state index contributed by atoms with van der Waals surface area (Å²) < 4.78 is 13.7. The molecule has 6 nitrogen and oxygen atoms in total. The molecule has 0 saturated carbocycles. The third-order valence-corrected chi connectivity index (χ3v) is 5.49. The second kappa shape index (κ2) is 6.24. The highest BCUT2D eigenvalue weighted by Crippen LogP contribution is 2.31. The van der Waals surface area contributed by atoms with Gasteiger partial charge in [-0.2, -0.15) is 0 Å². The molecule has 2 fully saturated rings. The SMILES string of the molecule is O=C(c1cnc2n1CCCC2)N1CCOC2(CCOCC2)CC1. The Kier molecular flexibility index (Phi) is 4.11. The zero-order chi connectivity index (χ0) is 15.7. The quantitative estimate of drug-likeness (QED) is 0.789. The zero-order valence-electron chi connectivity index (χ0n) is 13.6. The van der Waals surface area contributed by atoms with Crippen molar-refractivity contribution in [2.45, 2.75) is 50.7 Å². The van der Waals surface area contributed by atoms with Crippen molar-refractivity contribution in [1.29, 1.82) is 0 Å². The third-order valence-electron chi connectivity index (χ3n) is 5.49. The number of fused-ring (bicyclic) bond motifs is 1. The summed E-state index contributed by atoms with van der Waals surface area (Å²) in [4.78, 5) is 19.3. The largest absolute Gasteiger partial charge is 0.381 e. The molecule has 0 N–H and O–H groups in total. The van der Waals surface area contributed by atoms with Crippen molar-refractivity contribution in [1.82, 2.24) is 14.5 Å². The minimum absolute atomic E-state index is 0.0792. The van der Waals surface area contributed by atoms with Gasteiger partial charge >= 0.3 is 0 Å². The number of nitrogens with zero attached hydrogens (tertiary/aromatic N) is 3. The van der Waals surface area contributed by atoms with Gasteiger partial charge in [0.1, 0.15) is 11.5 Å². The predicted molar refractivity (Wildman–Crippen MR) is 84.4 cm³/mol. The normalized spacial score (nSPS) is 24.3. The zero-order valence-corrected chi connectivity index (χ0v) is 13.6. The number of imidazole rings is 1. The van der Waals surface area contributed by atoms with E-state index in [1.807, 2.05) is 4.90 Å². The Morgan fingerprint density at radius 3 is 2.83 bits per heavy atom. The first-order chi connectivity index (χ1) is 11.3. The Morgan fingerprint density at radius 2 is 1.96 bits per heavy atom. The number of hydrogen-bond acceptors (Lipinski definition) is 4. The second-order valence-electron chi connectivity index (χ2n) is 6.85. The molecule has 4 rings (SSSR count). The van der Waals surface area contributed by atoms with E-state index in [0.717, 1.165) is 69.9 Å². The standard InChI is InChI=1S/C17H25N3O3/c21-16(14-13-18-15-3-1-2-7-20(14)15)19-8-4-17(23-12-9-19)5-10-22-11-6-17/h13H,1-12H2. The Hall–Kier alpha value is -1.40. The molecule has 126 valence electrons. The number of aryl methyl sites for hydroxylation is 1. The molecule has 3 aliphatic rings. The van der Waals surface area contributed by atoms with E-state index < -0.39 is 0 Å². The number of ether oxygens (including phenoxy) is 2. The minimum Gasteiger partial charge on any atom is -0.381 e. The van der Waals surface area contributed by atoms with Crippen molar-refractivity contribution in [3.8, 4) is 0 Å². The Balaban J connectivity index is 1.48. The molecule has 3 aliphatic heterocycles. The molecule has 0 aromatic carbocycles. The van der Waals surface area contributed by atoms with E-state index in [9.17, 15) is 4.79 Å². The maximum atomic E-state index is 12.9. The molecule has 1 aromatic rings. The lowest BCUT2D eigenvalue weighted by molar-refractivity contribution is -0.105. The predicted octanol–water partition coefficient (Wildman–Crippen LogP) is 1.63. The molecule has 1 aromatic heterocycles. The highest BCUT2D eigenvalue weighted by molar-refractivity contribution is 5.92. The number of aromatic nitrogens is 2. The number of amides is 1. The summed E-state index contributed by atoms with van der Waals surface area (Å²) in [6.45, 7) is 4.50.